The smallest absolute Gasteiger partial charge is 0.315 e. The molecule has 0 fully saturated rings. The summed E-state index contributed by atoms with van der Waals surface area (Å²) in [5.41, 5.74) is 5.58. The second-order valence-corrected chi connectivity index (χ2v) is 5.76. The van der Waals surface area contributed by atoms with Crippen molar-refractivity contribution in [2.24, 2.45) is 0 Å². The normalized spacial score (nSPS) is 10.4. The highest BCUT2D eigenvalue weighted by molar-refractivity contribution is 5.73. The molecule has 0 radical (unpaired) electrons. The van der Waals surface area contributed by atoms with Gasteiger partial charge in [0.2, 0.25) is 0 Å². The number of aliphatic hydroxyl groups is 1. The van der Waals surface area contributed by atoms with Crippen molar-refractivity contribution in [2.75, 3.05) is 6.54 Å². The number of hydrogen-bond donors (Lipinski definition) is 3. The van der Waals surface area contributed by atoms with Gasteiger partial charge in [0, 0.05) is 13.1 Å². The first kappa shape index (κ1) is 17.0. The first-order valence-corrected chi connectivity index (χ1v) is 7.85. The first-order valence-electron chi connectivity index (χ1n) is 7.85. The summed E-state index contributed by atoms with van der Waals surface area (Å²) in [6.45, 7) is 5.28. The second kappa shape index (κ2) is 8.34. The van der Waals surface area contributed by atoms with E-state index in [-0.39, 0.29) is 12.6 Å². The minimum atomic E-state index is -0.156. The maximum absolute atomic E-state index is 11.8. The number of amides is 2. The fourth-order valence-corrected chi connectivity index (χ4v) is 2.41. The number of hydrogen-bond acceptors (Lipinski definition) is 2. The Morgan fingerprint density at radius 2 is 1.70 bits per heavy atom. The van der Waals surface area contributed by atoms with Crippen molar-refractivity contribution >= 4 is 6.03 Å². The van der Waals surface area contributed by atoms with Crippen LogP contribution in [0, 0.1) is 13.8 Å². The highest BCUT2D eigenvalue weighted by atomic mass is 16.3. The van der Waals surface area contributed by atoms with Gasteiger partial charge in [0.05, 0.1) is 6.61 Å². The lowest BCUT2D eigenvalue weighted by Gasteiger charge is -2.10. The molecule has 0 aromatic heterocycles. The van der Waals surface area contributed by atoms with Crippen LogP contribution >= 0.6 is 0 Å². The Balaban J connectivity index is 1.72. The van der Waals surface area contributed by atoms with E-state index in [1.165, 1.54) is 11.1 Å². The Kier molecular flexibility index (Phi) is 6.18. The molecule has 0 saturated carbocycles. The Morgan fingerprint density at radius 3 is 2.35 bits per heavy atom. The van der Waals surface area contributed by atoms with Crippen molar-refractivity contribution in [2.45, 2.75) is 33.4 Å². The van der Waals surface area contributed by atoms with Crippen LogP contribution in [0.3, 0.4) is 0 Å². The number of benzene rings is 2. The van der Waals surface area contributed by atoms with Gasteiger partial charge in [-0.25, -0.2) is 4.79 Å². The van der Waals surface area contributed by atoms with Crippen LogP contribution in [0.4, 0.5) is 4.79 Å². The zero-order valence-corrected chi connectivity index (χ0v) is 13.7. The molecule has 0 atom stereocenters. The molecule has 122 valence electrons. The molecule has 0 aliphatic heterocycles. The van der Waals surface area contributed by atoms with Crippen molar-refractivity contribution in [1.29, 1.82) is 0 Å². The van der Waals surface area contributed by atoms with Crippen LogP contribution in [0.15, 0.2) is 42.5 Å². The van der Waals surface area contributed by atoms with E-state index >= 15 is 0 Å². The maximum Gasteiger partial charge on any atom is 0.315 e. The molecule has 2 rings (SSSR count). The van der Waals surface area contributed by atoms with Gasteiger partial charge in [-0.3, -0.25) is 0 Å². The summed E-state index contributed by atoms with van der Waals surface area (Å²) in [7, 11) is 0. The topological polar surface area (TPSA) is 61.4 Å². The predicted octanol–water partition coefficient (Wildman–Crippen LogP) is 2.84. The van der Waals surface area contributed by atoms with Crippen LogP contribution in [0.2, 0.25) is 0 Å². The van der Waals surface area contributed by atoms with Crippen molar-refractivity contribution in [1.82, 2.24) is 10.6 Å². The zero-order chi connectivity index (χ0) is 16.7. The number of carbonyl (C=O) groups excluding carboxylic acids is 1. The van der Waals surface area contributed by atoms with Crippen LogP contribution in [-0.2, 0) is 19.6 Å². The van der Waals surface area contributed by atoms with Gasteiger partial charge in [0.15, 0.2) is 0 Å². The van der Waals surface area contributed by atoms with Gasteiger partial charge < -0.3 is 15.7 Å². The van der Waals surface area contributed by atoms with Gasteiger partial charge in [-0.05, 0) is 42.5 Å². The van der Waals surface area contributed by atoms with Crippen molar-refractivity contribution in [3.8, 4) is 0 Å². The van der Waals surface area contributed by atoms with Crippen molar-refractivity contribution in [3.05, 3.63) is 70.3 Å². The third-order valence-corrected chi connectivity index (χ3v) is 3.84. The van der Waals surface area contributed by atoms with Crippen LogP contribution in [0.1, 0.15) is 27.8 Å². The highest BCUT2D eigenvalue weighted by Crippen LogP contribution is 2.10. The summed E-state index contributed by atoms with van der Waals surface area (Å²) >= 11 is 0. The molecule has 0 unspecified atom stereocenters. The van der Waals surface area contributed by atoms with Gasteiger partial charge in [-0.1, -0.05) is 48.0 Å². The minimum Gasteiger partial charge on any atom is -0.392 e. The van der Waals surface area contributed by atoms with Gasteiger partial charge in [0.1, 0.15) is 0 Å². The van der Waals surface area contributed by atoms with Gasteiger partial charge in [-0.15, -0.1) is 0 Å². The summed E-state index contributed by atoms with van der Waals surface area (Å²) in [6.07, 6.45) is 0.767. The van der Waals surface area contributed by atoms with E-state index < -0.39 is 0 Å². The predicted molar refractivity (Wildman–Crippen MR) is 92.2 cm³/mol. The molecular formula is C19H24N2O2. The number of nitrogens with one attached hydrogen (secondary N) is 2. The van der Waals surface area contributed by atoms with E-state index in [9.17, 15) is 4.79 Å². The molecule has 3 N–H and O–H groups in total. The fraction of sp³-hybridized carbons (Fsp3) is 0.316. The lowest BCUT2D eigenvalue weighted by molar-refractivity contribution is 0.240. The third-order valence-electron chi connectivity index (χ3n) is 3.84. The number of aliphatic hydroxyl groups excluding tert-OH is 1. The van der Waals surface area contributed by atoms with Gasteiger partial charge >= 0.3 is 6.03 Å². The summed E-state index contributed by atoms with van der Waals surface area (Å²) in [5.74, 6) is 0. The molecule has 0 heterocycles. The summed E-state index contributed by atoms with van der Waals surface area (Å²) < 4.78 is 0. The monoisotopic (exact) mass is 312 g/mol. The maximum atomic E-state index is 11.8. The molecule has 0 aliphatic rings. The molecule has 4 nitrogen and oxygen atoms in total. The molecular weight excluding hydrogens is 288 g/mol. The Hall–Kier alpha value is -2.33. The molecule has 2 aromatic rings. The standard InChI is InChI=1S/C19H24N2O2/c1-14-3-8-18(15(2)11-14)12-21-19(23)20-10-9-16-4-6-17(13-22)7-5-16/h3-8,11,22H,9-10,12-13H2,1-2H3,(H2,20,21,23). The Bertz CT molecular complexity index is 651. The van der Waals surface area contributed by atoms with Crippen molar-refractivity contribution < 1.29 is 9.90 Å². The summed E-state index contributed by atoms with van der Waals surface area (Å²) in [5, 5.41) is 14.7. The van der Waals surface area contributed by atoms with E-state index in [4.69, 9.17) is 5.11 Å². The zero-order valence-electron chi connectivity index (χ0n) is 13.7. The van der Waals surface area contributed by atoms with Crippen LogP contribution in [0.5, 0.6) is 0 Å². The highest BCUT2D eigenvalue weighted by Gasteiger charge is 2.03. The Morgan fingerprint density at radius 1 is 1.00 bits per heavy atom. The molecule has 0 spiro atoms. The van der Waals surface area contributed by atoms with Crippen LogP contribution in [-0.4, -0.2) is 17.7 Å². The number of rotatable bonds is 6. The fourth-order valence-electron chi connectivity index (χ4n) is 2.41. The SMILES string of the molecule is Cc1ccc(CNC(=O)NCCc2ccc(CO)cc2)c(C)c1. The molecule has 2 amide bonds. The molecule has 4 heteroatoms. The average Bonchev–Trinajstić information content (AvgIpc) is 2.54. The lowest BCUT2D eigenvalue weighted by atomic mass is 10.1. The molecule has 0 bridgehead atoms. The molecule has 0 saturated heterocycles. The molecule has 2 aromatic carbocycles. The summed E-state index contributed by atoms with van der Waals surface area (Å²) in [6, 6.07) is 13.8. The van der Waals surface area contributed by atoms with E-state index in [0.29, 0.717) is 13.1 Å². The third kappa shape index (κ3) is 5.42. The van der Waals surface area contributed by atoms with Crippen LogP contribution < -0.4 is 10.6 Å². The molecule has 23 heavy (non-hydrogen) atoms. The molecule has 0 aliphatic carbocycles. The second-order valence-electron chi connectivity index (χ2n) is 5.76. The van der Waals surface area contributed by atoms with Gasteiger partial charge in [0.25, 0.3) is 0 Å². The summed E-state index contributed by atoms with van der Waals surface area (Å²) in [4.78, 5) is 11.8. The lowest BCUT2D eigenvalue weighted by Crippen LogP contribution is -2.36. The number of aryl methyl sites for hydroxylation is 2. The number of carbonyl (C=O) groups is 1. The van der Waals surface area contributed by atoms with Crippen LogP contribution in [0.25, 0.3) is 0 Å². The van der Waals surface area contributed by atoms with E-state index in [0.717, 1.165) is 23.1 Å². The van der Waals surface area contributed by atoms with E-state index in [1.807, 2.05) is 30.3 Å². The minimum absolute atomic E-state index is 0.0549. The first-order chi connectivity index (χ1) is 11.1. The number of urea groups is 1. The van der Waals surface area contributed by atoms with Gasteiger partial charge in [-0.2, -0.15) is 0 Å². The Labute approximate surface area is 137 Å². The largest absolute Gasteiger partial charge is 0.392 e. The quantitative estimate of drug-likeness (QED) is 0.768. The van der Waals surface area contributed by atoms with E-state index in [1.54, 1.807) is 0 Å². The van der Waals surface area contributed by atoms with Crippen molar-refractivity contribution in [3.63, 3.8) is 0 Å². The average molecular weight is 312 g/mol. The van der Waals surface area contributed by atoms with E-state index in [2.05, 4.69) is 36.6 Å².